The molecule has 3 aromatic rings. The molecule has 0 saturated heterocycles. The smallest absolute Gasteiger partial charge is 0.395 e. The molecule has 0 aromatic heterocycles. The van der Waals surface area contributed by atoms with Gasteiger partial charge in [-0.2, -0.15) is 0 Å². The van der Waals surface area contributed by atoms with Crippen LogP contribution in [0.15, 0.2) is 84.8 Å². The normalized spacial score (nSPS) is 18.1. The summed E-state index contributed by atoms with van der Waals surface area (Å²) in [6.07, 6.45) is 0.190. The number of fused-ring (bicyclic) bond motifs is 2. The predicted molar refractivity (Wildman–Crippen MR) is 135 cm³/mol. The van der Waals surface area contributed by atoms with Crippen LogP contribution in [0.3, 0.4) is 0 Å². The largest absolute Gasteiger partial charge is 0.405 e. The van der Waals surface area contributed by atoms with E-state index < -0.39 is 0 Å². The third-order valence-electron chi connectivity index (χ3n) is 6.61. The molecule has 0 N–H and O–H groups in total. The lowest BCUT2D eigenvalue weighted by molar-refractivity contribution is 0.566. The Morgan fingerprint density at radius 3 is 2.00 bits per heavy atom. The number of para-hydroxylation sites is 4. The van der Waals surface area contributed by atoms with E-state index in [4.69, 9.17) is 0 Å². The fourth-order valence-electron chi connectivity index (χ4n) is 5.14. The molecule has 0 aliphatic carbocycles. The first-order valence-corrected chi connectivity index (χ1v) is 11.1. The van der Waals surface area contributed by atoms with E-state index in [1.54, 1.807) is 0 Å². The molecule has 4 heteroatoms. The molecule has 0 spiro atoms. The Morgan fingerprint density at radius 2 is 1.32 bits per heavy atom. The van der Waals surface area contributed by atoms with Crippen LogP contribution in [0, 0.1) is 5.41 Å². The molecule has 0 unspecified atom stereocenters. The Balaban J connectivity index is 1.66. The van der Waals surface area contributed by atoms with Crippen LogP contribution in [-0.2, 0) is 0 Å². The SMILES string of the molecule is C[C@@H]1N(B2C=C(C(C)(C)C)c3ccccc3N2C)c2ccccc2N1c1ccccc1. The van der Waals surface area contributed by atoms with Crippen molar-refractivity contribution in [3.8, 4) is 0 Å². The van der Waals surface area contributed by atoms with E-state index in [2.05, 4.69) is 134 Å². The second-order valence-corrected chi connectivity index (χ2v) is 9.61. The fourth-order valence-corrected chi connectivity index (χ4v) is 5.14. The van der Waals surface area contributed by atoms with Gasteiger partial charge in [0.2, 0.25) is 0 Å². The van der Waals surface area contributed by atoms with Gasteiger partial charge in [-0.25, -0.2) is 0 Å². The molecule has 0 saturated carbocycles. The highest BCUT2D eigenvalue weighted by atomic mass is 15.4. The molecule has 0 fully saturated rings. The van der Waals surface area contributed by atoms with Crippen LogP contribution in [0.2, 0.25) is 0 Å². The van der Waals surface area contributed by atoms with Crippen LogP contribution < -0.4 is 14.5 Å². The van der Waals surface area contributed by atoms with Crippen molar-refractivity contribution in [2.45, 2.75) is 33.9 Å². The average molecular weight is 407 g/mol. The maximum absolute atomic E-state index is 2.56. The third-order valence-corrected chi connectivity index (χ3v) is 6.61. The highest BCUT2D eigenvalue weighted by Gasteiger charge is 2.44. The Morgan fingerprint density at radius 1 is 0.742 bits per heavy atom. The van der Waals surface area contributed by atoms with Crippen molar-refractivity contribution in [1.82, 2.24) is 0 Å². The van der Waals surface area contributed by atoms with Gasteiger partial charge in [-0.05, 0) is 60.9 Å². The van der Waals surface area contributed by atoms with E-state index in [1.807, 2.05) is 0 Å². The highest BCUT2D eigenvalue weighted by Crippen LogP contribution is 2.48. The summed E-state index contributed by atoms with van der Waals surface area (Å²) >= 11 is 0. The van der Waals surface area contributed by atoms with E-state index >= 15 is 0 Å². The topological polar surface area (TPSA) is 9.72 Å². The number of nitrogens with zero attached hydrogens (tertiary/aromatic N) is 3. The van der Waals surface area contributed by atoms with Crippen molar-refractivity contribution in [2.24, 2.45) is 5.41 Å². The van der Waals surface area contributed by atoms with Crippen molar-refractivity contribution >= 4 is 35.3 Å². The molecule has 5 rings (SSSR count). The van der Waals surface area contributed by atoms with Crippen LogP contribution in [0.25, 0.3) is 5.57 Å². The van der Waals surface area contributed by atoms with E-state index in [0.29, 0.717) is 0 Å². The molecular weight excluding hydrogens is 377 g/mol. The zero-order valence-corrected chi connectivity index (χ0v) is 19.1. The van der Waals surface area contributed by atoms with Gasteiger partial charge in [-0.3, -0.25) is 0 Å². The summed E-state index contributed by atoms with van der Waals surface area (Å²) < 4.78 is 0. The number of allylic oxidation sites excluding steroid dienone is 1. The fraction of sp³-hybridized carbons (Fsp3) is 0.259. The van der Waals surface area contributed by atoms with Crippen LogP contribution in [0.1, 0.15) is 33.3 Å². The number of hydrogen-bond acceptors (Lipinski definition) is 3. The van der Waals surface area contributed by atoms with Crippen LogP contribution >= 0.6 is 0 Å². The summed E-state index contributed by atoms with van der Waals surface area (Å²) in [5, 5.41) is 0. The van der Waals surface area contributed by atoms with Crippen molar-refractivity contribution in [3.63, 3.8) is 0 Å². The van der Waals surface area contributed by atoms with Crippen LogP contribution in [0.4, 0.5) is 22.7 Å². The lowest BCUT2D eigenvalue weighted by Gasteiger charge is -2.43. The molecule has 0 amide bonds. The van der Waals surface area contributed by atoms with Gasteiger partial charge in [0.25, 0.3) is 0 Å². The lowest BCUT2D eigenvalue weighted by Crippen LogP contribution is -2.57. The molecule has 0 bridgehead atoms. The summed E-state index contributed by atoms with van der Waals surface area (Å²) in [6, 6.07) is 28.3. The molecular formula is C27H30BN3. The number of benzene rings is 3. The van der Waals surface area contributed by atoms with Gasteiger partial charge in [-0.15, -0.1) is 0 Å². The van der Waals surface area contributed by atoms with Crippen molar-refractivity contribution in [3.05, 3.63) is 90.4 Å². The molecule has 3 nitrogen and oxygen atoms in total. The van der Waals surface area contributed by atoms with E-state index in [1.165, 1.54) is 33.9 Å². The van der Waals surface area contributed by atoms with Gasteiger partial charge in [0.05, 0.1) is 17.5 Å². The summed E-state index contributed by atoms with van der Waals surface area (Å²) in [5.74, 6) is 2.48. The van der Waals surface area contributed by atoms with Crippen LogP contribution in [0.5, 0.6) is 0 Å². The number of rotatable bonds is 2. The third kappa shape index (κ3) is 3.13. The molecule has 2 aliphatic heterocycles. The molecule has 3 aromatic carbocycles. The first kappa shape index (κ1) is 19.8. The monoisotopic (exact) mass is 407 g/mol. The molecule has 0 radical (unpaired) electrons. The summed E-state index contributed by atoms with van der Waals surface area (Å²) in [7, 11) is 2.22. The molecule has 1 atom stereocenters. The van der Waals surface area contributed by atoms with Gasteiger partial charge in [0.1, 0.15) is 0 Å². The first-order chi connectivity index (χ1) is 14.9. The first-order valence-electron chi connectivity index (χ1n) is 11.1. The second kappa shape index (κ2) is 7.23. The van der Waals surface area contributed by atoms with Gasteiger partial charge in [0, 0.05) is 11.4 Å². The van der Waals surface area contributed by atoms with Gasteiger partial charge in [-0.1, -0.05) is 75.3 Å². The molecule has 31 heavy (non-hydrogen) atoms. The zero-order valence-electron chi connectivity index (χ0n) is 19.1. The second-order valence-electron chi connectivity index (χ2n) is 9.61. The lowest BCUT2D eigenvalue weighted by atomic mass is 9.62. The maximum Gasteiger partial charge on any atom is 0.405 e. The average Bonchev–Trinajstić information content (AvgIpc) is 3.06. The minimum absolute atomic E-state index is 0.0667. The van der Waals surface area contributed by atoms with E-state index in [0.717, 1.165) is 0 Å². The standard InChI is InChI=1S/C27H30BN3/c1-20-30(21-13-7-6-8-14-21)25-17-11-12-18-26(25)31(20)28-19-23(27(2,3)4)22-15-9-10-16-24(22)29(28)5/h6-20H,1-5H3/t20-/m0/s1. The summed E-state index contributed by atoms with van der Waals surface area (Å²) in [6.45, 7) is 9.39. The number of hydrogen-bond donors (Lipinski definition) is 0. The van der Waals surface area contributed by atoms with Crippen LogP contribution in [-0.4, -0.2) is 20.2 Å². The van der Waals surface area contributed by atoms with Gasteiger partial charge in [0.15, 0.2) is 0 Å². The summed E-state index contributed by atoms with van der Waals surface area (Å²) in [4.78, 5) is 7.44. The van der Waals surface area contributed by atoms with Crippen molar-refractivity contribution in [1.29, 1.82) is 0 Å². The minimum atomic E-state index is 0.0667. The maximum atomic E-state index is 2.56. The Labute approximate surface area is 186 Å². The zero-order chi connectivity index (χ0) is 21.8. The van der Waals surface area contributed by atoms with Crippen molar-refractivity contribution < 1.29 is 0 Å². The van der Waals surface area contributed by atoms with Crippen molar-refractivity contribution in [2.75, 3.05) is 21.6 Å². The highest BCUT2D eigenvalue weighted by molar-refractivity contribution is 6.74. The Kier molecular flexibility index (Phi) is 4.62. The predicted octanol–water partition coefficient (Wildman–Crippen LogP) is 6.60. The van der Waals surface area contributed by atoms with E-state index in [9.17, 15) is 0 Å². The summed E-state index contributed by atoms with van der Waals surface area (Å²) in [5.41, 5.74) is 7.88. The number of anilines is 4. The minimum Gasteiger partial charge on any atom is -0.395 e. The molecule has 2 aliphatic rings. The quantitative estimate of drug-likeness (QED) is 0.443. The molecule has 156 valence electrons. The molecule has 2 heterocycles. The van der Waals surface area contributed by atoms with Gasteiger partial charge < -0.3 is 14.5 Å². The van der Waals surface area contributed by atoms with Gasteiger partial charge >= 0.3 is 6.98 Å². The van der Waals surface area contributed by atoms with E-state index in [-0.39, 0.29) is 18.6 Å². The Hall–Kier alpha value is -3.14. The Bertz CT molecular complexity index is 1130.